The van der Waals surface area contributed by atoms with Crippen LogP contribution in [-0.4, -0.2) is 44.6 Å². The van der Waals surface area contributed by atoms with Gasteiger partial charge >= 0.3 is 5.97 Å². The number of aliphatic hydroxyl groups is 1. The van der Waals surface area contributed by atoms with Crippen LogP contribution in [0.5, 0.6) is 0 Å². The number of hydrogen-bond donors (Lipinski definition) is 2. The second kappa shape index (κ2) is 7.05. The fraction of sp³-hybridized carbons (Fsp3) is 0.545. The third-order valence-corrected chi connectivity index (χ3v) is 2.09. The molecular formula is C11H17NO5. The lowest BCUT2D eigenvalue weighted by molar-refractivity contribution is 0.0560. The lowest BCUT2D eigenvalue weighted by Crippen LogP contribution is -2.29. The molecule has 0 aliphatic carbocycles. The molecule has 6 nitrogen and oxygen atoms in total. The van der Waals surface area contributed by atoms with Crippen molar-refractivity contribution in [2.75, 3.05) is 27.4 Å². The number of furan rings is 1. The van der Waals surface area contributed by atoms with E-state index in [9.17, 15) is 9.90 Å². The first-order valence-electron chi connectivity index (χ1n) is 5.22. The van der Waals surface area contributed by atoms with Gasteiger partial charge in [-0.15, -0.1) is 0 Å². The lowest BCUT2D eigenvalue weighted by atomic mass is 10.3. The van der Waals surface area contributed by atoms with Crippen LogP contribution in [0.2, 0.25) is 0 Å². The van der Waals surface area contributed by atoms with Gasteiger partial charge in [0.2, 0.25) is 5.76 Å². The maximum absolute atomic E-state index is 11.1. The normalized spacial score (nSPS) is 12.4. The van der Waals surface area contributed by atoms with Crippen molar-refractivity contribution in [3.8, 4) is 0 Å². The Balaban J connectivity index is 2.32. The highest BCUT2D eigenvalue weighted by Gasteiger charge is 2.11. The molecule has 1 aromatic rings. The van der Waals surface area contributed by atoms with Crippen molar-refractivity contribution >= 4 is 5.97 Å². The molecule has 2 N–H and O–H groups in total. The number of carbonyl (C=O) groups excluding carboxylic acids is 1. The van der Waals surface area contributed by atoms with Crippen LogP contribution in [-0.2, 0) is 16.0 Å². The number of methoxy groups -OCH3 is 2. The summed E-state index contributed by atoms with van der Waals surface area (Å²) in [5.74, 6) is 0.271. The van der Waals surface area contributed by atoms with Crippen molar-refractivity contribution in [2.24, 2.45) is 0 Å². The summed E-state index contributed by atoms with van der Waals surface area (Å²) in [6, 6.07) is 3.23. The summed E-state index contributed by atoms with van der Waals surface area (Å²) in [7, 11) is 2.82. The van der Waals surface area contributed by atoms with Crippen molar-refractivity contribution < 1.29 is 23.8 Å². The molecule has 1 rings (SSSR count). The first-order chi connectivity index (χ1) is 8.17. The van der Waals surface area contributed by atoms with Crippen molar-refractivity contribution in [1.29, 1.82) is 0 Å². The Hall–Kier alpha value is -1.37. The Morgan fingerprint density at radius 2 is 2.29 bits per heavy atom. The van der Waals surface area contributed by atoms with Crippen LogP contribution in [0.15, 0.2) is 16.5 Å². The van der Waals surface area contributed by atoms with Crippen LogP contribution in [0.4, 0.5) is 0 Å². The molecule has 0 aromatic carbocycles. The highest BCUT2D eigenvalue weighted by atomic mass is 16.5. The van der Waals surface area contributed by atoms with Crippen LogP contribution < -0.4 is 5.32 Å². The third kappa shape index (κ3) is 4.56. The standard InChI is InChI=1S/C11H17NO5/c1-15-7-8(13)5-12-6-9-3-4-10(17-9)11(14)16-2/h3-4,8,12-13H,5-7H2,1-2H3. The van der Waals surface area contributed by atoms with Crippen LogP contribution >= 0.6 is 0 Å². The summed E-state index contributed by atoms with van der Waals surface area (Å²) in [6.45, 7) is 1.10. The SMILES string of the molecule is COCC(O)CNCc1ccc(C(=O)OC)o1. The van der Waals surface area contributed by atoms with E-state index in [0.717, 1.165) is 0 Å². The Morgan fingerprint density at radius 3 is 2.94 bits per heavy atom. The molecule has 17 heavy (non-hydrogen) atoms. The van der Waals surface area contributed by atoms with E-state index in [4.69, 9.17) is 9.15 Å². The summed E-state index contributed by atoms with van der Waals surface area (Å²) in [5.41, 5.74) is 0. The van der Waals surface area contributed by atoms with Crippen LogP contribution in [0.25, 0.3) is 0 Å². The number of carbonyl (C=O) groups is 1. The molecule has 0 aliphatic heterocycles. The van der Waals surface area contributed by atoms with E-state index in [1.54, 1.807) is 12.1 Å². The maximum Gasteiger partial charge on any atom is 0.373 e. The topological polar surface area (TPSA) is 80.9 Å². The number of ether oxygens (including phenoxy) is 2. The van der Waals surface area contributed by atoms with E-state index >= 15 is 0 Å². The zero-order valence-electron chi connectivity index (χ0n) is 9.93. The van der Waals surface area contributed by atoms with Crippen molar-refractivity contribution in [3.63, 3.8) is 0 Å². The van der Waals surface area contributed by atoms with E-state index in [1.807, 2.05) is 0 Å². The highest BCUT2D eigenvalue weighted by molar-refractivity contribution is 5.86. The Labute approximate surface area is 99.5 Å². The van der Waals surface area contributed by atoms with Crippen molar-refractivity contribution in [1.82, 2.24) is 5.32 Å². The maximum atomic E-state index is 11.1. The van der Waals surface area contributed by atoms with E-state index in [-0.39, 0.29) is 12.4 Å². The molecule has 1 atom stereocenters. The minimum absolute atomic E-state index is 0.168. The zero-order valence-corrected chi connectivity index (χ0v) is 9.93. The van der Waals surface area contributed by atoms with Gasteiger partial charge in [0.15, 0.2) is 0 Å². The molecule has 0 aliphatic rings. The van der Waals surface area contributed by atoms with Crippen molar-refractivity contribution in [3.05, 3.63) is 23.7 Å². The highest BCUT2D eigenvalue weighted by Crippen LogP contribution is 2.08. The van der Waals surface area contributed by atoms with E-state index in [2.05, 4.69) is 10.1 Å². The van der Waals surface area contributed by atoms with E-state index in [1.165, 1.54) is 14.2 Å². The second-order valence-electron chi connectivity index (χ2n) is 3.50. The number of rotatable bonds is 7. The van der Waals surface area contributed by atoms with E-state index < -0.39 is 12.1 Å². The second-order valence-corrected chi connectivity index (χ2v) is 3.50. The average Bonchev–Trinajstić information content (AvgIpc) is 2.77. The predicted molar refractivity (Wildman–Crippen MR) is 59.6 cm³/mol. The Bertz CT molecular complexity index is 349. The predicted octanol–water partition coefficient (Wildman–Crippen LogP) is 0.163. The smallest absolute Gasteiger partial charge is 0.373 e. The molecule has 0 spiro atoms. The number of aliphatic hydroxyl groups excluding tert-OH is 1. The van der Waals surface area contributed by atoms with E-state index in [0.29, 0.717) is 18.8 Å². The van der Waals surface area contributed by atoms with Gasteiger partial charge < -0.3 is 24.3 Å². The van der Waals surface area contributed by atoms with Crippen LogP contribution in [0, 0.1) is 0 Å². The van der Waals surface area contributed by atoms with Crippen molar-refractivity contribution in [2.45, 2.75) is 12.6 Å². The largest absolute Gasteiger partial charge is 0.463 e. The monoisotopic (exact) mass is 243 g/mol. The van der Waals surface area contributed by atoms with Gasteiger partial charge in [0.05, 0.1) is 26.4 Å². The fourth-order valence-electron chi connectivity index (χ4n) is 1.30. The molecule has 0 radical (unpaired) electrons. The minimum Gasteiger partial charge on any atom is -0.463 e. The van der Waals surface area contributed by atoms with Gasteiger partial charge in [-0.05, 0) is 12.1 Å². The first-order valence-corrected chi connectivity index (χ1v) is 5.22. The molecule has 1 aromatic heterocycles. The quantitative estimate of drug-likeness (QED) is 0.664. The number of hydrogen-bond acceptors (Lipinski definition) is 6. The summed E-state index contributed by atoms with van der Waals surface area (Å²) in [6.07, 6.45) is -0.560. The molecule has 0 amide bonds. The average molecular weight is 243 g/mol. The van der Waals surface area contributed by atoms with Gasteiger partial charge in [0.25, 0.3) is 0 Å². The summed E-state index contributed by atoms with van der Waals surface area (Å²) in [5, 5.41) is 12.3. The summed E-state index contributed by atoms with van der Waals surface area (Å²) in [4.78, 5) is 11.1. The molecule has 0 saturated heterocycles. The van der Waals surface area contributed by atoms with Gasteiger partial charge in [0, 0.05) is 13.7 Å². The summed E-state index contributed by atoms with van der Waals surface area (Å²) < 4.78 is 14.5. The molecule has 0 bridgehead atoms. The first kappa shape index (κ1) is 13.7. The molecular weight excluding hydrogens is 226 g/mol. The van der Waals surface area contributed by atoms with Gasteiger partial charge in [-0.3, -0.25) is 0 Å². The minimum atomic E-state index is -0.560. The Morgan fingerprint density at radius 1 is 1.53 bits per heavy atom. The number of esters is 1. The van der Waals surface area contributed by atoms with Gasteiger partial charge in [-0.25, -0.2) is 4.79 Å². The number of nitrogens with one attached hydrogen (secondary N) is 1. The Kier molecular flexibility index (Phi) is 5.68. The molecule has 0 saturated carbocycles. The zero-order chi connectivity index (χ0) is 12.7. The summed E-state index contributed by atoms with van der Waals surface area (Å²) >= 11 is 0. The van der Waals surface area contributed by atoms with Gasteiger partial charge in [-0.1, -0.05) is 0 Å². The lowest BCUT2D eigenvalue weighted by Gasteiger charge is -2.09. The molecule has 96 valence electrons. The van der Waals surface area contributed by atoms with Crippen LogP contribution in [0.1, 0.15) is 16.3 Å². The molecule has 1 unspecified atom stereocenters. The molecule has 1 heterocycles. The molecule has 0 fully saturated rings. The fourth-order valence-corrected chi connectivity index (χ4v) is 1.30. The van der Waals surface area contributed by atoms with Crippen LogP contribution in [0.3, 0.4) is 0 Å². The third-order valence-electron chi connectivity index (χ3n) is 2.09. The molecule has 6 heteroatoms. The van der Waals surface area contributed by atoms with Gasteiger partial charge in [0.1, 0.15) is 5.76 Å². The van der Waals surface area contributed by atoms with Gasteiger partial charge in [-0.2, -0.15) is 0 Å².